The number of ether oxygens (including phenoxy) is 1. The topological polar surface area (TPSA) is 49.8 Å². The van der Waals surface area contributed by atoms with E-state index in [1.165, 1.54) is 0 Å². The van der Waals surface area contributed by atoms with Gasteiger partial charge in [-0.3, -0.25) is 0 Å². The van der Waals surface area contributed by atoms with Gasteiger partial charge in [0.15, 0.2) is 0 Å². The quantitative estimate of drug-likeness (QED) is 0.858. The number of benzene rings is 1. The summed E-state index contributed by atoms with van der Waals surface area (Å²) in [5, 5.41) is 10.8. The van der Waals surface area contributed by atoms with Gasteiger partial charge in [0.1, 0.15) is 11.2 Å². The standard InChI is InChI=1S/C16H23NO3/c1-12-7-5-6-8-13(12)16(19)9-10-17(11-16)14(18)20-15(2,3)4/h5-8,19H,9-11H2,1-4H3. The first-order valence-corrected chi connectivity index (χ1v) is 6.98. The summed E-state index contributed by atoms with van der Waals surface area (Å²) >= 11 is 0. The Morgan fingerprint density at radius 2 is 2.00 bits per heavy atom. The number of carbonyl (C=O) groups is 1. The van der Waals surface area contributed by atoms with E-state index in [9.17, 15) is 9.90 Å². The number of aryl methyl sites for hydroxylation is 1. The predicted molar refractivity (Wildman–Crippen MR) is 77.5 cm³/mol. The Morgan fingerprint density at radius 1 is 1.35 bits per heavy atom. The Kier molecular flexibility index (Phi) is 3.78. The summed E-state index contributed by atoms with van der Waals surface area (Å²) in [6, 6.07) is 7.76. The molecule has 0 aliphatic carbocycles. The molecule has 1 amide bonds. The third-order valence-corrected chi connectivity index (χ3v) is 3.55. The maximum atomic E-state index is 12.1. The van der Waals surface area contributed by atoms with Crippen LogP contribution in [0.3, 0.4) is 0 Å². The summed E-state index contributed by atoms with van der Waals surface area (Å²) in [6.45, 7) is 8.30. The summed E-state index contributed by atoms with van der Waals surface area (Å²) in [4.78, 5) is 13.6. The maximum Gasteiger partial charge on any atom is 0.410 e. The highest BCUT2D eigenvalue weighted by atomic mass is 16.6. The molecule has 110 valence electrons. The van der Waals surface area contributed by atoms with Gasteiger partial charge in [0.2, 0.25) is 0 Å². The monoisotopic (exact) mass is 277 g/mol. The fourth-order valence-corrected chi connectivity index (χ4v) is 2.59. The lowest BCUT2D eigenvalue weighted by atomic mass is 9.89. The summed E-state index contributed by atoms with van der Waals surface area (Å²) in [7, 11) is 0. The van der Waals surface area contributed by atoms with E-state index in [2.05, 4.69) is 0 Å². The van der Waals surface area contributed by atoms with E-state index in [0.717, 1.165) is 11.1 Å². The molecule has 1 atom stereocenters. The summed E-state index contributed by atoms with van der Waals surface area (Å²) in [6.07, 6.45) is 0.180. The molecule has 0 spiro atoms. The van der Waals surface area contributed by atoms with Gasteiger partial charge in [-0.25, -0.2) is 4.79 Å². The highest BCUT2D eigenvalue weighted by Gasteiger charge is 2.41. The predicted octanol–water partition coefficient (Wildman–Crippen LogP) is 2.82. The molecule has 4 nitrogen and oxygen atoms in total. The van der Waals surface area contributed by atoms with Crippen LogP contribution in [0.2, 0.25) is 0 Å². The van der Waals surface area contributed by atoms with Crippen molar-refractivity contribution in [2.24, 2.45) is 0 Å². The van der Waals surface area contributed by atoms with Crippen molar-refractivity contribution in [2.75, 3.05) is 13.1 Å². The zero-order valence-electron chi connectivity index (χ0n) is 12.6. The van der Waals surface area contributed by atoms with Crippen molar-refractivity contribution in [2.45, 2.75) is 45.3 Å². The number of likely N-dealkylation sites (tertiary alicyclic amines) is 1. The molecule has 1 aromatic carbocycles. The molecule has 1 aromatic rings. The first-order chi connectivity index (χ1) is 9.21. The zero-order chi connectivity index (χ0) is 15.0. The Labute approximate surface area is 120 Å². The number of β-amino-alcohol motifs (C(OH)–C–C–N with tert-alkyl or cyclic N) is 1. The molecule has 1 saturated heterocycles. The van der Waals surface area contributed by atoms with Gasteiger partial charge in [0.25, 0.3) is 0 Å². The molecule has 1 aliphatic heterocycles. The fraction of sp³-hybridized carbons (Fsp3) is 0.562. The molecule has 1 unspecified atom stereocenters. The first kappa shape index (κ1) is 14.9. The van der Waals surface area contributed by atoms with Crippen LogP contribution in [-0.2, 0) is 10.3 Å². The van der Waals surface area contributed by atoms with E-state index >= 15 is 0 Å². The number of rotatable bonds is 1. The van der Waals surface area contributed by atoms with Gasteiger partial charge in [-0.05, 0) is 45.2 Å². The second-order valence-corrected chi connectivity index (χ2v) is 6.50. The van der Waals surface area contributed by atoms with Crippen LogP contribution in [0.1, 0.15) is 38.3 Å². The Hall–Kier alpha value is -1.55. The molecule has 0 radical (unpaired) electrons. The van der Waals surface area contributed by atoms with Crippen molar-refractivity contribution in [3.63, 3.8) is 0 Å². The van der Waals surface area contributed by atoms with Gasteiger partial charge in [-0.15, -0.1) is 0 Å². The number of nitrogens with zero attached hydrogens (tertiary/aromatic N) is 1. The van der Waals surface area contributed by atoms with Gasteiger partial charge >= 0.3 is 6.09 Å². The molecule has 2 rings (SSSR count). The van der Waals surface area contributed by atoms with Gasteiger partial charge < -0.3 is 14.7 Å². The van der Waals surface area contributed by atoms with E-state index in [-0.39, 0.29) is 12.6 Å². The smallest absolute Gasteiger partial charge is 0.410 e. The lowest BCUT2D eigenvalue weighted by molar-refractivity contribution is 0.0138. The summed E-state index contributed by atoms with van der Waals surface area (Å²) in [5.74, 6) is 0. The number of amides is 1. The van der Waals surface area contributed by atoms with Crippen LogP contribution in [0.15, 0.2) is 24.3 Å². The lowest BCUT2D eigenvalue weighted by Crippen LogP contribution is -2.38. The van der Waals surface area contributed by atoms with Gasteiger partial charge in [-0.1, -0.05) is 24.3 Å². The van der Waals surface area contributed by atoms with Gasteiger partial charge in [-0.2, -0.15) is 0 Å². The van der Waals surface area contributed by atoms with E-state index < -0.39 is 11.2 Å². The number of hydrogen-bond donors (Lipinski definition) is 1. The molecular formula is C16H23NO3. The second kappa shape index (κ2) is 5.09. The van der Waals surface area contributed by atoms with Gasteiger partial charge in [0.05, 0.1) is 6.54 Å². The maximum absolute atomic E-state index is 12.1. The molecule has 0 aromatic heterocycles. The van der Waals surface area contributed by atoms with Crippen LogP contribution < -0.4 is 0 Å². The summed E-state index contributed by atoms with van der Waals surface area (Å²) < 4.78 is 5.36. The largest absolute Gasteiger partial charge is 0.444 e. The van der Waals surface area contributed by atoms with E-state index in [1.807, 2.05) is 52.0 Å². The fourth-order valence-electron chi connectivity index (χ4n) is 2.59. The molecule has 4 heteroatoms. The molecular weight excluding hydrogens is 254 g/mol. The average molecular weight is 277 g/mol. The Balaban J connectivity index is 2.12. The van der Waals surface area contributed by atoms with Crippen molar-refractivity contribution >= 4 is 6.09 Å². The molecule has 1 heterocycles. The van der Waals surface area contributed by atoms with Crippen LogP contribution in [0.4, 0.5) is 4.79 Å². The highest BCUT2D eigenvalue weighted by molar-refractivity contribution is 5.68. The molecule has 1 aliphatic rings. The Bertz CT molecular complexity index is 507. The van der Waals surface area contributed by atoms with Crippen LogP contribution in [0.5, 0.6) is 0 Å². The van der Waals surface area contributed by atoms with Crippen molar-refractivity contribution < 1.29 is 14.6 Å². The van der Waals surface area contributed by atoms with E-state index in [0.29, 0.717) is 13.0 Å². The molecule has 1 fully saturated rings. The number of hydrogen-bond acceptors (Lipinski definition) is 3. The van der Waals surface area contributed by atoms with E-state index in [4.69, 9.17) is 4.74 Å². The molecule has 0 saturated carbocycles. The molecule has 1 N–H and O–H groups in total. The average Bonchev–Trinajstić information content (AvgIpc) is 2.71. The van der Waals surface area contributed by atoms with Crippen LogP contribution in [0, 0.1) is 6.92 Å². The Morgan fingerprint density at radius 3 is 2.60 bits per heavy atom. The van der Waals surface area contributed by atoms with Crippen LogP contribution in [0.25, 0.3) is 0 Å². The molecule has 20 heavy (non-hydrogen) atoms. The number of carbonyl (C=O) groups excluding carboxylic acids is 1. The molecule has 0 bridgehead atoms. The highest BCUT2D eigenvalue weighted by Crippen LogP contribution is 2.34. The number of aliphatic hydroxyl groups is 1. The summed E-state index contributed by atoms with van der Waals surface area (Å²) in [5.41, 5.74) is 0.454. The van der Waals surface area contributed by atoms with Crippen molar-refractivity contribution in [3.05, 3.63) is 35.4 Å². The normalized spacial score (nSPS) is 22.9. The minimum atomic E-state index is -0.970. The minimum absolute atomic E-state index is 0.284. The van der Waals surface area contributed by atoms with Crippen LogP contribution >= 0.6 is 0 Å². The van der Waals surface area contributed by atoms with Crippen molar-refractivity contribution in [1.29, 1.82) is 0 Å². The second-order valence-electron chi connectivity index (χ2n) is 6.50. The zero-order valence-corrected chi connectivity index (χ0v) is 12.6. The first-order valence-electron chi connectivity index (χ1n) is 6.98. The SMILES string of the molecule is Cc1ccccc1C1(O)CCN(C(=O)OC(C)(C)C)C1. The van der Waals surface area contributed by atoms with Gasteiger partial charge in [0, 0.05) is 6.54 Å². The minimum Gasteiger partial charge on any atom is -0.444 e. The third-order valence-electron chi connectivity index (χ3n) is 3.55. The van der Waals surface area contributed by atoms with Crippen molar-refractivity contribution in [1.82, 2.24) is 4.90 Å². The third kappa shape index (κ3) is 3.12. The van der Waals surface area contributed by atoms with Crippen molar-refractivity contribution in [3.8, 4) is 0 Å². The lowest BCUT2D eigenvalue weighted by Gasteiger charge is -2.27. The van der Waals surface area contributed by atoms with E-state index in [1.54, 1.807) is 4.90 Å². The van der Waals surface area contributed by atoms with Crippen LogP contribution in [-0.4, -0.2) is 34.8 Å².